The van der Waals surface area contributed by atoms with Gasteiger partial charge in [-0.3, -0.25) is 19.7 Å². The van der Waals surface area contributed by atoms with Crippen LogP contribution in [0.1, 0.15) is 29.8 Å². The highest BCUT2D eigenvalue weighted by molar-refractivity contribution is 6.02. The second-order valence-corrected chi connectivity index (χ2v) is 6.53. The molecule has 2 aromatic rings. The Kier molecular flexibility index (Phi) is 8.71. The third kappa shape index (κ3) is 7.14. The van der Waals surface area contributed by atoms with Crippen molar-refractivity contribution in [3.05, 3.63) is 75.8 Å². The van der Waals surface area contributed by atoms with E-state index in [0.717, 1.165) is 19.6 Å². The number of nitrogens with zero attached hydrogens (tertiary/aromatic N) is 2. The van der Waals surface area contributed by atoms with Gasteiger partial charge in [-0.05, 0) is 61.1 Å². The van der Waals surface area contributed by atoms with E-state index >= 15 is 0 Å². The van der Waals surface area contributed by atoms with Crippen LogP contribution in [0.5, 0.6) is 0 Å². The van der Waals surface area contributed by atoms with Crippen LogP contribution in [0.25, 0.3) is 6.08 Å². The van der Waals surface area contributed by atoms with Crippen molar-refractivity contribution in [2.75, 3.05) is 31.5 Å². The molecule has 2 N–H and O–H groups in total. The number of rotatable bonds is 10. The van der Waals surface area contributed by atoms with Gasteiger partial charge in [0, 0.05) is 42.5 Å². The lowest BCUT2D eigenvalue weighted by Crippen LogP contribution is -2.34. The van der Waals surface area contributed by atoms with Crippen molar-refractivity contribution in [3.8, 4) is 0 Å². The van der Waals surface area contributed by atoms with E-state index in [4.69, 9.17) is 0 Å². The van der Waals surface area contributed by atoms with E-state index in [-0.39, 0.29) is 17.5 Å². The van der Waals surface area contributed by atoms with Crippen molar-refractivity contribution in [1.82, 2.24) is 10.2 Å². The molecule has 0 atom stereocenters. The first-order chi connectivity index (χ1) is 14.4. The summed E-state index contributed by atoms with van der Waals surface area (Å²) in [5, 5.41) is 16.2. The van der Waals surface area contributed by atoms with E-state index in [9.17, 15) is 19.7 Å². The zero-order valence-corrected chi connectivity index (χ0v) is 17.1. The third-order valence-electron chi connectivity index (χ3n) is 4.55. The Morgan fingerprint density at radius 2 is 1.67 bits per heavy atom. The molecule has 30 heavy (non-hydrogen) atoms. The van der Waals surface area contributed by atoms with Crippen LogP contribution in [0, 0.1) is 10.1 Å². The van der Waals surface area contributed by atoms with Crippen LogP contribution >= 0.6 is 0 Å². The molecule has 0 bridgehead atoms. The Labute approximate surface area is 175 Å². The monoisotopic (exact) mass is 410 g/mol. The highest BCUT2D eigenvalue weighted by Gasteiger charge is 2.07. The number of nitro groups is 1. The lowest BCUT2D eigenvalue weighted by atomic mass is 10.2. The van der Waals surface area contributed by atoms with Gasteiger partial charge in [0.2, 0.25) is 5.91 Å². The first kappa shape index (κ1) is 22.8. The van der Waals surface area contributed by atoms with Gasteiger partial charge in [0.1, 0.15) is 0 Å². The number of anilines is 1. The quantitative estimate of drug-likeness (QED) is 0.355. The number of likely N-dealkylation sites (N-methyl/N-ethyl adjacent to an activating group) is 1. The lowest BCUT2D eigenvalue weighted by Gasteiger charge is -2.17. The average molecular weight is 410 g/mol. The molecule has 0 aliphatic carbocycles. The summed E-state index contributed by atoms with van der Waals surface area (Å²) >= 11 is 0. The summed E-state index contributed by atoms with van der Waals surface area (Å²) in [6.07, 6.45) is 2.91. The Balaban J connectivity index is 1.85. The van der Waals surface area contributed by atoms with Crippen molar-refractivity contribution >= 4 is 29.3 Å². The fourth-order valence-electron chi connectivity index (χ4n) is 2.74. The van der Waals surface area contributed by atoms with Crippen LogP contribution in [0.3, 0.4) is 0 Å². The molecule has 0 fully saturated rings. The number of hydrogen-bond donors (Lipinski definition) is 2. The Hall–Kier alpha value is -3.52. The standard InChI is InChI=1S/C22H26N4O4/c1-3-25(4-2)16-15-23-22(28)18-8-10-19(11-9-18)24-21(27)14-7-17-5-12-20(13-6-17)26(29)30/h5-14H,3-4,15-16H2,1-2H3,(H,23,28)(H,24,27)/b14-7+. The minimum Gasteiger partial charge on any atom is -0.351 e. The highest BCUT2D eigenvalue weighted by atomic mass is 16.6. The zero-order valence-electron chi connectivity index (χ0n) is 17.1. The Morgan fingerprint density at radius 1 is 1.03 bits per heavy atom. The number of carbonyl (C=O) groups is 2. The molecule has 0 spiro atoms. The van der Waals surface area contributed by atoms with Crippen LogP contribution in [0.4, 0.5) is 11.4 Å². The van der Waals surface area contributed by atoms with E-state index in [2.05, 4.69) is 29.4 Å². The maximum Gasteiger partial charge on any atom is 0.269 e. The van der Waals surface area contributed by atoms with Crippen LogP contribution in [0.2, 0.25) is 0 Å². The second kappa shape index (κ2) is 11.5. The molecular weight excluding hydrogens is 384 g/mol. The first-order valence-electron chi connectivity index (χ1n) is 9.77. The normalized spacial score (nSPS) is 10.9. The lowest BCUT2D eigenvalue weighted by molar-refractivity contribution is -0.384. The minimum absolute atomic E-state index is 0.00576. The van der Waals surface area contributed by atoms with Crippen molar-refractivity contribution in [2.24, 2.45) is 0 Å². The molecule has 0 aliphatic rings. The van der Waals surface area contributed by atoms with Crippen molar-refractivity contribution < 1.29 is 14.5 Å². The second-order valence-electron chi connectivity index (χ2n) is 6.53. The summed E-state index contributed by atoms with van der Waals surface area (Å²) < 4.78 is 0. The van der Waals surface area contributed by atoms with Gasteiger partial charge in [-0.1, -0.05) is 13.8 Å². The summed E-state index contributed by atoms with van der Waals surface area (Å²) in [6, 6.07) is 12.5. The summed E-state index contributed by atoms with van der Waals surface area (Å²) in [7, 11) is 0. The molecule has 0 saturated heterocycles. The molecule has 0 heterocycles. The fourth-order valence-corrected chi connectivity index (χ4v) is 2.74. The summed E-state index contributed by atoms with van der Waals surface area (Å²) in [4.78, 5) is 36.6. The highest BCUT2D eigenvalue weighted by Crippen LogP contribution is 2.13. The van der Waals surface area contributed by atoms with Gasteiger partial charge in [-0.25, -0.2) is 0 Å². The van der Waals surface area contributed by atoms with E-state index < -0.39 is 4.92 Å². The number of amides is 2. The van der Waals surface area contributed by atoms with Crippen molar-refractivity contribution in [3.63, 3.8) is 0 Å². The molecule has 158 valence electrons. The molecule has 0 aliphatic heterocycles. The van der Waals surface area contributed by atoms with Crippen LogP contribution in [0.15, 0.2) is 54.6 Å². The predicted octanol–water partition coefficient (Wildman–Crippen LogP) is 3.32. The van der Waals surface area contributed by atoms with Gasteiger partial charge in [-0.2, -0.15) is 0 Å². The molecule has 2 amide bonds. The minimum atomic E-state index is -0.477. The maximum atomic E-state index is 12.2. The van der Waals surface area contributed by atoms with E-state index in [0.29, 0.717) is 23.4 Å². The third-order valence-corrected chi connectivity index (χ3v) is 4.55. The molecule has 2 rings (SSSR count). The summed E-state index contributed by atoms with van der Waals surface area (Å²) in [5.74, 6) is -0.497. The van der Waals surface area contributed by atoms with Gasteiger partial charge in [0.15, 0.2) is 0 Å². The number of carbonyl (C=O) groups excluding carboxylic acids is 2. The zero-order chi connectivity index (χ0) is 21.9. The topological polar surface area (TPSA) is 105 Å². The Bertz CT molecular complexity index is 888. The first-order valence-corrected chi connectivity index (χ1v) is 9.77. The van der Waals surface area contributed by atoms with E-state index in [1.54, 1.807) is 42.5 Å². The molecule has 2 aromatic carbocycles. The Morgan fingerprint density at radius 3 is 2.23 bits per heavy atom. The van der Waals surface area contributed by atoms with Crippen LogP contribution < -0.4 is 10.6 Å². The smallest absolute Gasteiger partial charge is 0.269 e. The molecule has 8 heteroatoms. The molecule has 0 aromatic heterocycles. The maximum absolute atomic E-state index is 12.2. The largest absolute Gasteiger partial charge is 0.351 e. The van der Waals surface area contributed by atoms with Gasteiger partial charge in [0.25, 0.3) is 11.6 Å². The van der Waals surface area contributed by atoms with Crippen LogP contribution in [-0.2, 0) is 4.79 Å². The average Bonchev–Trinajstić information content (AvgIpc) is 2.76. The number of benzene rings is 2. The van der Waals surface area contributed by atoms with Gasteiger partial charge >= 0.3 is 0 Å². The van der Waals surface area contributed by atoms with Gasteiger partial charge < -0.3 is 15.5 Å². The molecular formula is C22H26N4O4. The van der Waals surface area contributed by atoms with E-state index in [1.165, 1.54) is 18.2 Å². The number of nitro benzene ring substituents is 1. The number of hydrogen-bond acceptors (Lipinski definition) is 5. The van der Waals surface area contributed by atoms with Crippen LogP contribution in [-0.4, -0.2) is 47.8 Å². The van der Waals surface area contributed by atoms with Gasteiger partial charge in [-0.15, -0.1) is 0 Å². The molecule has 0 radical (unpaired) electrons. The molecule has 8 nitrogen and oxygen atoms in total. The van der Waals surface area contributed by atoms with E-state index in [1.807, 2.05) is 0 Å². The SMILES string of the molecule is CCN(CC)CCNC(=O)c1ccc(NC(=O)/C=C/c2ccc([N+](=O)[O-])cc2)cc1. The number of nitrogens with one attached hydrogen (secondary N) is 2. The van der Waals surface area contributed by atoms with Crippen molar-refractivity contribution in [2.45, 2.75) is 13.8 Å². The summed E-state index contributed by atoms with van der Waals surface area (Å²) in [6.45, 7) is 7.43. The molecule has 0 unspecified atom stereocenters. The van der Waals surface area contributed by atoms with Crippen molar-refractivity contribution in [1.29, 1.82) is 0 Å². The molecule has 0 saturated carbocycles. The fraction of sp³-hybridized carbons (Fsp3) is 0.273. The number of non-ortho nitro benzene ring substituents is 1. The summed E-state index contributed by atoms with van der Waals surface area (Å²) in [5.41, 5.74) is 1.75. The predicted molar refractivity (Wildman–Crippen MR) is 117 cm³/mol. The van der Waals surface area contributed by atoms with Gasteiger partial charge in [0.05, 0.1) is 4.92 Å².